The molecule has 1 saturated heterocycles. The van der Waals surface area contributed by atoms with Crippen molar-refractivity contribution in [1.82, 2.24) is 20.4 Å². The third kappa shape index (κ3) is 8.06. The van der Waals surface area contributed by atoms with Gasteiger partial charge < -0.3 is 20.4 Å². The molecule has 1 aliphatic carbocycles. The molecule has 1 saturated carbocycles. The Balaban J connectivity index is 0.00000320. The first-order chi connectivity index (χ1) is 14.1. The van der Waals surface area contributed by atoms with Crippen LogP contribution in [0.25, 0.3) is 0 Å². The summed E-state index contributed by atoms with van der Waals surface area (Å²) in [5.74, 6) is 0.784. The van der Waals surface area contributed by atoms with E-state index in [1.807, 2.05) is 18.2 Å². The number of carbonyl (C=O) groups excluding carboxylic acids is 1. The Morgan fingerprint density at radius 3 is 2.37 bits per heavy atom. The molecule has 0 radical (unpaired) electrons. The topological polar surface area (TPSA) is 60.0 Å². The first kappa shape index (κ1) is 24.9. The largest absolute Gasteiger partial charge is 0.354 e. The maximum atomic E-state index is 12.0. The van der Waals surface area contributed by atoms with Crippen molar-refractivity contribution in [1.29, 1.82) is 0 Å². The number of rotatable bonds is 6. The smallest absolute Gasteiger partial charge is 0.241 e. The third-order valence-electron chi connectivity index (χ3n) is 6.13. The Kier molecular flexibility index (Phi) is 10.9. The molecule has 1 amide bonds. The summed E-state index contributed by atoms with van der Waals surface area (Å²) in [6, 6.07) is 11.4. The fourth-order valence-corrected chi connectivity index (χ4v) is 4.27. The molecule has 1 aromatic rings. The Labute approximate surface area is 198 Å². The average Bonchev–Trinajstić information content (AvgIpc) is 2.77. The van der Waals surface area contributed by atoms with Gasteiger partial charge in [-0.15, -0.1) is 24.0 Å². The van der Waals surface area contributed by atoms with Crippen LogP contribution < -0.4 is 10.6 Å². The minimum absolute atomic E-state index is 0. The maximum absolute atomic E-state index is 12.0. The Morgan fingerprint density at radius 1 is 1.07 bits per heavy atom. The summed E-state index contributed by atoms with van der Waals surface area (Å²) < 4.78 is 0. The molecule has 2 N–H and O–H groups in total. The van der Waals surface area contributed by atoms with Crippen LogP contribution in [0.2, 0.25) is 0 Å². The van der Waals surface area contributed by atoms with Crippen molar-refractivity contribution in [3.05, 3.63) is 35.9 Å². The second-order valence-electron chi connectivity index (χ2n) is 8.54. The van der Waals surface area contributed by atoms with Crippen LogP contribution in [0.5, 0.6) is 0 Å². The first-order valence-electron chi connectivity index (χ1n) is 11.1. The summed E-state index contributed by atoms with van der Waals surface area (Å²) in [4.78, 5) is 21.0. The normalized spacial score (nSPS) is 19.1. The standard InChI is InChI=1S/C23H37N5O.HI/c1-27(2)22(29)18-25-23(24-17-19-9-5-3-6-10-19)26-20-13-15-28(16-14-20)21-11-7-4-8-12-21;/h3,5-6,9-10,20-21H,4,7-8,11-18H2,1-2H3,(H2,24,25,26);1H. The van der Waals surface area contributed by atoms with Gasteiger partial charge in [-0.1, -0.05) is 49.6 Å². The molecule has 0 atom stereocenters. The molecule has 0 bridgehead atoms. The molecule has 1 aromatic carbocycles. The van der Waals surface area contributed by atoms with Crippen molar-refractivity contribution < 1.29 is 4.79 Å². The van der Waals surface area contributed by atoms with Gasteiger partial charge in [-0.05, 0) is 31.2 Å². The summed E-state index contributed by atoms with van der Waals surface area (Å²) in [6.45, 7) is 3.18. The zero-order chi connectivity index (χ0) is 20.5. The summed E-state index contributed by atoms with van der Waals surface area (Å²) in [5.41, 5.74) is 1.17. The van der Waals surface area contributed by atoms with Crippen LogP contribution in [0.15, 0.2) is 35.3 Å². The van der Waals surface area contributed by atoms with Gasteiger partial charge in [0.2, 0.25) is 5.91 Å². The van der Waals surface area contributed by atoms with E-state index in [9.17, 15) is 4.79 Å². The number of benzene rings is 1. The number of nitrogens with one attached hydrogen (secondary N) is 2. The molecule has 1 aliphatic heterocycles. The van der Waals surface area contributed by atoms with Crippen LogP contribution in [-0.2, 0) is 11.3 Å². The van der Waals surface area contributed by atoms with E-state index in [1.54, 1.807) is 19.0 Å². The van der Waals surface area contributed by atoms with Crippen LogP contribution in [0.1, 0.15) is 50.5 Å². The van der Waals surface area contributed by atoms with E-state index in [2.05, 4.69) is 27.7 Å². The van der Waals surface area contributed by atoms with Crippen LogP contribution in [-0.4, -0.2) is 67.5 Å². The lowest BCUT2D eigenvalue weighted by atomic mass is 9.92. The number of halogens is 1. The van der Waals surface area contributed by atoms with E-state index in [0.717, 1.165) is 37.9 Å². The summed E-state index contributed by atoms with van der Waals surface area (Å²) in [6.07, 6.45) is 9.19. The molecule has 2 fully saturated rings. The highest BCUT2D eigenvalue weighted by molar-refractivity contribution is 14.0. The van der Waals surface area contributed by atoms with E-state index in [1.165, 1.54) is 37.7 Å². The lowest BCUT2D eigenvalue weighted by molar-refractivity contribution is -0.127. The van der Waals surface area contributed by atoms with Crippen molar-refractivity contribution in [2.45, 2.75) is 63.6 Å². The van der Waals surface area contributed by atoms with Gasteiger partial charge in [-0.2, -0.15) is 0 Å². The van der Waals surface area contributed by atoms with Crippen LogP contribution >= 0.6 is 24.0 Å². The molecular formula is C23H38IN5O. The second-order valence-corrected chi connectivity index (χ2v) is 8.54. The van der Waals surface area contributed by atoms with E-state index in [-0.39, 0.29) is 36.4 Å². The van der Waals surface area contributed by atoms with Gasteiger partial charge in [-0.25, -0.2) is 4.99 Å². The molecule has 30 heavy (non-hydrogen) atoms. The third-order valence-corrected chi connectivity index (χ3v) is 6.13. The minimum Gasteiger partial charge on any atom is -0.354 e. The summed E-state index contributed by atoms with van der Waals surface area (Å²) >= 11 is 0. The van der Waals surface area contributed by atoms with Crippen molar-refractivity contribution in [3.63, 3.8) is 0 Å². The number of guanidine groups is 1. The van der Waals surface area contributed by atoms with Gasteiger partial charge in [-0.3, -0.25) is 4.79 Å². The zero-order valence-corrected chi connectivity index (χ0v) is 20.8. The van der Waals surface area contributed by atoms with Gasteiger partial charge in [0.25, 0.3) is 0 Å². The first-order valence-corrected chi connectivity index (χ1v) is 11.1. The molecule has 0 aromatic heterocycles. The Bertz CT molecular complexity index is 653. The van der Waals surface area contributed by atoms with Crippen molar-refractivity contribution in [2.24, 2.45) is 4.99 Å². The predicted octanol–water partition coefficient (Wildman–Crippen LogP) is 3.23. The Morgan fingerprint density at radius 2 is 1.73 bits per heavy atom. The highest BCUT2D eigenvalue weighted by Crippen LogP contribution is 2.25. The number of piperidine rings is 1. The highest BCUT2D eigenvalue weighted by Gasteiger charge is 2.26. The molecule has 0 spiro atoms. The van der Waals surface area contributed by atoms with Gasteiger partial charge in [0.1, 0.15) is 0 Å². The number of likely N-dealkylation sites (tertiary alicyclic amines) is 1. The molecule has 7 heteroatoms. The Hall–Kier alpha value is -1.35. The number of carbonyl (C=O) groups is 1. The summed E-state index contributed by atoms with van der Waals surface area (Å²) in [7, 11) is 3.55. The van der Waals surface area contributed by atoms with E-state index < -0.39 is 0 Å². The predicted molar refractivity (Wildman–Crippen MR) is 134 cm³/mol. The van der Waals surface area contributed by atoms with E-state index in [0.29, 0.717) is 12.6 Å². The van der Waals surface area contributed by atoms with Gasteiger partial charge >= 0.3 is 0 Å². The minimum atomic E-state index is 0. The number of hydrogen-bond acceptors (Lipinski definition) is 3. The molecule has 2 aliphatic rings. The number of aliphatic imine (C=N–C) groups is 1. The number of likely N-dealkylation sites (N-methyl/N-ethyl adjacent to an activating group) is 1. The summed E-state index contributed by atoms with van der Waals surface area (Å²) in [5, 5.41) is 6.81. The van der Waals surface area contributed by atoms with E-state index >= 15 is 0 Å². The molecule has 0 unspecified atom stereocenters. The maximum Gasteiger partial charge on any atom is 0.241 e. The molecule has 1 heterocycles. The zero-order valence-electron chi connectivity index (χ0n) is 18.5. The SMILES string of the molecule is CN(C)C(=O)CNC(=NCc1ccccc1)NC1CCN(C2CCCCC2)CC1.I. The monoisotopic (exact) mass is 527 g/mol. The van der Waals surface area contributed by atoms with Gasteiger partial charge in [0.15, 0.2) is 5.96 Å². The van der Waals surface area contributed by atoms with Crippen molar-refractivity contribution >= 4 is 35.8 Å². The molecular weight excluding hydrogens is 489 g/mol. The fraction of sp³-hybridized carbons (Fsp3) is 0.652. The van der Waals surface area contributed by atoms with Crippen molar-refractivity contribution in [2.75, 3.05) is 33.7 Å². The van der Waals surface area contributed by atoms with Gasteiger partial charge in [0.05, 0.1) is 13.1 Å². The second kappa shape index (κ2) is 13.1. The van der Waals surface area contributed by atoms with Crippen LogP contribution in [0.3, 0.4) is 0 Å². The van der Waals surface area contributed by atoms with E-state index in [4.69, 9.17) is 4.99 Å². The van der Waals surface area contributed by atoms with Gasteiger partial charge in [0, 0.05) is 39.3 Å². The van der Waals surface area contributed by atoms with Crippen molar-refractivity contribution in [3.8, 4) is 0 Å². The molecule has 3 rings (SSSR count). The van der Waals surface area contributed by atoms with Crippen LogP contribution in [0, 0.1) is 0 Å². The highest BCUT2D eigenvalue weighted by atomic mass is 127. The molecule has 168 valence electrons. The number of hydrogen-bond donors (Lipinski definition) is 2. The number of nitrogens with zero attached hydrogens (tertiary/aromatic N) is 3. The number of amides is 1. The fourth-order valence-electron chi connectivity index (χ4n) is 4.27. The lowest BCUT2D eigenvalue weighted by Gasteiger charge is -2.39. The lowest BCUT2D eigenvalue weighted by Crippen LogP contribution is -2.52. The quantitative estimate of drug-likeness (QED) is 0.339. The molecule has 6 nitrogen and oxygen atoms in total. The van der Waals surface area contributed by atoms with Crippen LogP contribution in [0.4, 0.5) is 0 Å². The average molecular weight is 527 g/mol.